The van der Waals surface area contributed by atoms with E-state index in [0.717, 1.165) is 32.5 Å². The Balaban J connectivity index is 1.35. The summed E-state index contributed by atoms with van der Waals surface area (Å²) < 4.78 is 33.4. The summed E-state index contributed by atoms with van der Waals surface area (Å²) in [4.78, 5) is 18.5. The van der Waals surface area contributed by atoms with E-state index in [1.807, 2.05) is 0 Å². The quantitative estimate of drug-likeness (QED) is 0.701. The number of rotatable bonds is 7. The number of nitrogens with one attached hydrogen (secondary N) is 1. The van der Waals surface area contributed by atoms with E-state index < -0.39 is 10.0 Å². The third-order valence-corrected chi connectivity index (χ3v) is 7.82. The molecule has 1 N–H and O–H groups in total. The van der Waals surface area contributed by atoms with Crippen LogP contribution in [0.15, 0.2) is 46.7 Å². The van der Waals surface area contributed by atoms with Gasteiger partial charge in [0.2, 0.25) is 10.0 Å². The summed E-state index contributed by atoms with van der Waals surface area (Å²) in [6.07, 6.45) is 1.74. The van der Waals surface area contributed by atoms with Crippen molar-refractivity contribution in [1.82, 2.24) is 14.5 Å². The van der Waals surface area contributed by atoms with Gasteiger partial charge < -0.3 is 9.64 Å². The summed E-state index contributed by atoms with van der Waals surface area (Å²) in [5, 5.41) is 2.08. The monoisotopic (exact) mass is 449 g/mol. The van der Waals surface area contributed by atoms with E-state index in [1.165, 1.54) is 17.0 Å². The lowest BCUT2D eigenvalue weighted by Gasteiger charge is -2.34. The lowest BCUT2D eigenvalue weighted by Crippen LogP contribution is -2.48. The fraction of sp³-hybridized carbons (Fsp3) is 0.476. The van der Waals surface area contributed by atoms with Gasteiger partial charge in [-0.1, -0.05) is 12.1 Å². The largest absolute Gasteiger partial charge is 0.377 e. The summed E-state index contributed by atoms with van der Waals surface area (Å²) >= 11 is 1.74. The predicted octanol–water partition coefficient (Wildman–Crippen LogP) is 2.16. The second kappa shape index (κ2) is 9.57. The maximum Gasteiger partial charge on any atom is 0.253 e. The number of thiophene rings is 1. The minimum absolute atomic E-state index is 0.0740. The third kappa shape index (κ3) is 5.28. The Hall–Kier alpha value is -1.78. The molecule has 3 heterocycles. The van der Waals surface area contributed by atoms with Gasteiger partial charge in [0.1, 0.15) is 0 Å². The van der Waals surface area contributed by atoms with Crippen molar-refractivity contribution in [2.45, 2.75) is 30.4 Å². The molecule has 7 nitrogen and oxygen atoms in total. The highest BCUT2D eigenvalue weighted by molar-refractivity contribution is 7.89. The summed E-state index contributed by atoms with van der Waals surface area (Å²) in [6, 6.07) is 10.5. The van der Waals surface area contributed by atoms with Gasteiger partial charge in [0.25, 0.3) is 5.91 Å². The van der Waals surface area contributed by atoms with Crippen molar-refractivity contribution in [3.63, 3.8) is 0 Å². The molecule has 1 atom stereocenters. The number of benzene rings is 1. The number of ether oxygens (including phenoxy) is 1. The lowest BCUT2D eigenvalue weighted by atomic mass is 10.2. The molecular weight excluding hydrogens is 422 g/mol. The van der Waals surface area contributed by atoms with Gasteiger partial charge in [-0.2, -0.15) is 0 Å². The second-order valence-electron chi connectivity index (χ2n) is 7.66. The van der Waals surface area contributed by atoms with Crippen LogP contribution in [-0.4, -0.2) is 69.6 Å². The van der Waals surface area contributed by atoms with Crippen molar-refractivity contribution < 1.29 is 17.9 Å². The molecule has 2 aromatic rings. The van der Waals surface area contributed by atoms with E-state index in [2.05, 4.69) is 27.1 Å². The molecule has 0 spiro atoms. The Morgan fingerprint density at radius 3 is 2.70 bits per heavy atom. The van der Waals surface area contributed by atoms with Gasteiger partial charge in [-0.3, -0.25) is 9.69 Å². The Bertz CT molecular complexity index is 948. The normalized spacial score (nSPS) is 20.5. The SMILES string of the molecule is O=C(c1cccc(S(=O)(=O)NC[C@H]2CCCO2)c1)N1CCN(Cc2cccs2)CC1. The van der Waals surface area contributed by atoms with Gasteiger partial charge in [0.05, 0.1) is 11.0 Å². The van der Waals surface area contributed by atoms with Crippen molar-refractivity contribution in [2.24, 2.45) is 0 Å². The summed E-state index contributed by atoms with van der Waals surface area (Å²) in [7, 11) is -3.68. The van der Waals surface area contributed by atoms with Crippen LogP contribution in [0.3, 0.4) is 0 Å². The first-order valence-electron chi connectivity index (χ1n) is 10.3. The van der Waals surface area contributed by atoms with Crippen molar-refractivity contribution in [3.8, 4) is 0 Å². The van der Waals surface area contributed by atoms with Crippen LogP contribution in [-0.2, 0) is 21.3 Å². The Kier molecular flexibility index (Phi) is 6.84. The Morgan fingerprint density at radius 2 is 2.00 bits per heavy atom. The van der Waals surface area contributed by atoms with Crippen molar-refractivity contribution in [2.75, 3.05) is 39.3 Å². The van der Waals surface area contributed by atoms with E-state index in [9.17, 15) is 13.2 Å². The van der Waals surface area contributed by atoms with Crippen LogP contribution < -0.4 is 4.72 Å². The highest BCUT2D eigenvalue weighted by Crippen LogP contribution is 2.18. The van der Waals surface area contributed by atoms with Gasteiger partial charge in [-0.15, -0.1) is 11.3 Å². The van der Waals surface area contributed by atoms with Gasteiger partial charge in [-0.05, 0) is 42.5 Å². The maximum atomic E-state index is 12.9. The molecule has 0 aliphatic carbocycles. The molecule has 30 heavy (non-hydrogen) atoms. The lowest BCUT2D eigenvalue weighted by molar-refractivity contribution is 0.0629. The molecule has 0 radical (unpaired) electrons. The molecule has 4 rings (SSSR count). The fourth-order valence-electron chi connectivity index (χ4n) is 3.80. The van der Waals surface area contributed by atoms with Gasteiger partial charge >= 0.3 is 0 Å². The van der Waals surface area contributed by atoms with Crippen LogP contribution in [0.25, 0.3) is 0 Å². The number of hydrogen-bond acceptors (Lipinski definition) is 6. The molecule has 2 aliphatic rings. The first-order chi connectivity index (χ1) is 14.5. The van der Waals surface area contributed by atoms with Crippen LogP contribution >= 0.6 is 11.3 Å². The molecule has 9 heteroatoms. The van der Waals surface area contributed by atoms with E-state index in [-0.39, 0.29) is 23.5 Å². The smallest absolute Gasteiger partial charge is 0.253 e. The topological polar surface area (TPSA) is 78.9 Å². The minimum Gasteiger partial charge on any atom is -0.377 e. The zero-order valence-electron chi connectivity index (χ0n) is 16.8. The first-order valence-corrected chi connectivity index (χ1v) is 12.6. The number of carbonyl (C=O) groups excluding carboxylic acids is 1. The zero-order chi connectivity index (χ0) is 21.0. The highest BCUT2D eigenvalue weighted by atomic mass is 32.2. The van der Waals surface area contributed by atoms with Gasteiger partial charge in [0.15, 0.2) is 0 Å². The molecule has 1 aromatic carbocycles. The Morgan fingerprint density at radius 1 is 1.17 bits per heavy atom. The Labute approximate surface area is 181 Å². The van der Waals surface area contributed by atoms with E-state index >= 15 is 0 Å². The zero-order valence-corrected chi connectivity index (χ0v) is 18.5. The molecule has 1 aromatic heterocycles. The molecule has 2 aliphatic heterocycles. The number of carbonyl (C=O) groups is 1. The summed E-state index contributed by atoms with van der Waals surface area (Å²) in [5.74, 6) is -0.123. The summed E-state index contributed by atoms with van der Waals surface area (Å²) in [5.41, 5.74) is 0.404. The average molecular weight is 450 g/mol. The molecule has 0 saturated carbocycles. The number of amides is 1. The van der Waals surface area contributed by atoms with Crippen molar-refractivity contribution >= 4 is 27.3 Å². The van der Waals surface area contributed by atoms with Crippen molar-refractivity contribution in [3.05, 3.63) is 52.2 Å². The van der Waals surface area contributed by atoms with Crippen molar-refractivity contribution in [1.29, 1.82) is 0 Å². The molecule has 0 unspecified atom stereocenters. The van der Waals surface area contributed by atoms with Crippen LogP contribution in [0.2, 0.25) is 0 Å². The highest BCUT2D eigenvalue weighted by Gasteiger charge is 2.25. The van der Waals surface area contributed by atoms with E-state index in [0.29, 0.717) is 25.3 Å². The summed E-state index contributed by atoms with van der Waals surface area (Å²) in [6.45, 7) is 4.74. The minimum atomic E-state index is -3.68. The van der Waals surface area contributed by atoms with Crippen LogP contribution in [0.5, 0.6) is 0 Å². The maximum absolute atomic E-state index is 12.9. The predicted molar refractivity (Wildman–Crippen MR) is 116 cm³/mol. The van der Waals surface area contributed by atoms with Crippen LogP contribution in [0.1, 0.15) is 28.1 Å². The van der Waals surface area contributed by atoms with E-state index in [1.54, 1.807) is 28.4 Å². The third-order valence-electron chi connectivity index (χ3n) is 5.54. The fourth-order valence-corrected chi connectivity index (χ4v) is 5.66. The second-order valence-corrected chi connectivity index (χ2v) is 10.5. The average Bonchev–Trinajstić information content (AvgIpc) is 3.47. The molecule has 0 bridgehead atoms. The molecule has 2 fully saturated rings. The molecule has 162 valence electrons. The van der Waals surface area contributed by atoms with Crippen LogP contribution in [0.4, 0.5) is 0 Å². The molecule has 2 saturated heterocycles. The van der Waals surface area contributed by atoms with E-state index in [4.69, 9.17) is 4.74 Å². The molecule has 1 amide bonds. The first kappa shape index (κ1) is 21.5. The number of piperazine rings is 1. The van der Waals surface area contributed by atoms with Gasteiger partial charge in [0, 0.05) is 56.3 Å². The number of nitrogens with zero attached hydrogens (tertiary/aromatic N) is 2. The van der Waals surface area contributed by atoms with Crippen LogP contribution in [0, 0.1) is 0 Å². The number of sulfonamides is 1. The standard InChI is InChI=1S/C21H27N3O4S2/c25-21(24-10-8-23(9-11-24)16-19-6-3-13-29-19)17-4-1-7-20(14-17)30(26,27)22-15-18-5-2-12-28-18/h1,3-4,6-7,13-14,18,22H,2,5,8-12,15-16H2/t18-/m1/s1. The molecular formula is C21H27N3O4S2. The number of hydrogen-bond donors (Lipinski definition) is 1. The van der Waals surface area contributed by atoms with Gasteiger partial charge in [-0.25, -0.2) is 13.1 Å².